The zero-order valence-corrected chi connectivity index (χ0v) is 30.6. The van der Waals surface area contributed by atoms with E-state index in [-0.39, 0.29) is 19.4 Å². The molecule has 1 aromatic carbocycles. The first-order valence-electron chi connectivity index (χ1n) is 16.1. The van der Waals surface area contributed by atoms with Gasteiger partial charge in [-0.15, -0.1) is 18.3 Å². The summed E-state index contributed by atoms with van der Waals surface area (Å²) >= 11 is 1.49. The molecule has 1 heterocycles. The van der Waals surface area contributed by atoms with Crippen LogP contribution < -0.4 is 20.7 Å². The summed E-state index contributed by atoms with van der Waals surface area (Å²) in [5.41, 5.74) is -2.80. The minimum absolute atomic E-state index is 0.108. The zero-order valence-electron chi connectivity index (χ0n) is 29.0. The van der Waals surface area contributed by atoms with Gasteiger partial charge in [-0.2, -0.15) is 0 Å². The number of likely N-dealkylation sites (tertiary alicyclic amines) is 1. The smallest absolute Gasteiger partial charge is 0.411 e. The molecule has 2 aliphatic carbocycles. The highest BCUT2D eigenvalue weighted by atomic mass is 32.2. The highest BCUT2D eigenvalue weighted by molar-refractivity contribution is 7.98. The van der Waals surface area contributed by atoms with Gasteiger partial charge in [0.05, 0.1) is 11.8 Å². The van der Waals surface area contributed by atoms with Crippen molar-refractivity contribution >= 4 is 57.4 Å². The van der Waals surface area contributed by atoms with Crippen LogP contribution >= 0.6 is 11.8 Å². The van der Waals surface area contributed by atoms with E-state index < -0.39 is 85.8 Å². The first kappa shape index (κ1) is 38.0. The first-order valence-corrected chi connectivity index (χ1v) is 18.9. The molecular formula is C33H47N5O9S2. The van der Waals surface area contributed by atoms with Crippen molar-refractivity contribution in [1.82, 2.24) is 20.3 Å². The molecule has 1 saturated heterocycles. The van der Waals surface area contributed by atoms with Crippen molar-refractivity contribution < 1.29 is 41.9 Å². The molecule has 0 radical (unpaired) electrons. The Hall–Kier alpha value is -3.79. The maximum atomic E-state index is 14.2. The average Bonchev–Trinajstić information content (AvgIpc) is 3.91. The third-order valence-electron chi connectivity index (χ3n) is 8.46. The lowest BCUT2D eigenvalue weighted by atomic mass is 9.85. The quantitative estimate of drug-likeness (QED) is 0.194. The molecule has 270 valence electrons. The lowest BCUT2D eigenvalue weighted by Crippen LogP contribution is -2.60. The molecule has 1 aromatic rings. The number of nitrogens with zero attached hydrogens (tertiary/aromatic N) is 1. The number of hydrogen-bond donors (Lipinski definition) is 4. The lowest BCUT2D eigenvalue weighted by Gasteiger charge is -2.36. The number of carbonyl (C=O) groups is 5. The van der Waals surface area contributed by atoms with Gasteiger partial charge in [-0.1, -0.05) is 32.9 Å². The van der Waals surface area contributed by atoms with Gasteiger partial charge in [-0.05, 0) is 69.9 Å². The second kappa shape index (κ2) is 14.2. The maximum absolute atomic E-state index is 14.2. The molecule has 0 spiro atoms. The third-order valence-corrected chi connectivity index (χ3v) is 11.0. The van der Waals surface area contributed by atoms with E-state index in [0.717, 1.165) is 4.90 Å². The molecule has 14 nitrogen and oxygen atoms in total. The minimum Gasteiger partial charge on any atom is -0.444 e. The predicted octanol–water partition coefficient (Wildman–Crippen LogP) is 3.54. The van der Waals surface area contributed by atoms with E-state index >= 15 is 0 Å². The van der Waals surface area contributed by atoms with Gasteiger partial charge in [0.15, 0.2) is 0 Å². The Bertz CT molecular complexity index is 1600. The summed E-state index contributed by atoms with van der Waals surface area (Å²) in [7, 11) is -3.91. The fourth-order valence-corrected chi connectivity index (χ4v) is 7.46. The Labute approximate surface area is 291 Å². The number of ether oxygens (including phenoxy) is 2. The Balaban J connectivity index is 1.58. The lowest BCUT2D eigenvalue weighted by molar-refractivity contribution is -0.143. The molecule has 0 bridgehead atoms. The highest BCUT2D eigenvalue weighted by Crippen LogP contribution is 2.45. The first-order chi connectivity index (χ1) is 22.7. The summed E-state index contributed by atoms with van der Waals surface area (Å²) in [6, 6.07) is 4.71. The molecule has 3 aliphatic rings. The fraction of sp³-hybridized carbons (Fsp3) is 0.606. The van der Waals surface area contributed by atoms with Crippen LogP contribution in [0.25, 0.3) is 0 Å². The molecule has 2 unspecified atom stereocenters. The number of alkyl carbamates (subject to hydrolysis) is 1. The number of sulfonamides is 1. The van der Waals surface area contributed by atoms with Crippen molar-refractivity contribution in [2.75, 3.05) is 18.1 Å². The number of anilines is 1. The van der Waals surface area contributed by atoms with E-state index in [2.05, 4.69) is 27.3 Å². The van der Waals surface area contributed by atoms with Crippen LogP contribution in [0.4, 0.5) is 15.3 Å². The van der Waals surface area contributed by atoms with Crippen LogP contribution in [0.3, 0.4) is 0 Å². The van der Waals surface area contributed by atoms with E-state index in [4.69, 9.17) is 9.47 Å². The maximum Gasteiger partial charge on any atom is 0.411 e. The van der Waals surface area contributed by atoms with E-state index in [1.807, 2.05) is 12.3 Å². The van der Waals surface area contributed by atoms with Crippen molar-refractivity contribution in [2.24, 2.45) is 11.3 Å². The second-order valence-corrected chi connectivity index (χ2v) is 17.6. The van der Waals surface area contributed by atoms with Gasteiger partial charge >= 0.3 is 12.2 Å². The van der Waals surface area contributed by atoms with Gasteiger partial charge in [0.25, 0.3) is 5.91 Å². The summed E-state index contributed by atoms with van der Waals surface area (Å²) in [6.07, 6.45) is 1.64. The van der Waals surface area contributed by atoms with Crippen molar-refractivity contribution in [2.45, 2.75) is 107 Å². The highest BCUT2D eigenvalue weighted by Gasteiger charge is 2.62. The van der Waals surface area contributed by atoms with Crippen LogP contribution in [0.15, 0.2) is 41.8 Å². The summed E-state index contributed by atoms with van der Waals surface area (Å²) in [4.78, 5) is 69.5. The van der Waals surface area contributed by atoms with E-state index in [1.54, 1.807) is 59.7 Å². The number of carbonyl (C=O) groups excluding carboxylic acids is 5. The summed E-state index contributed by atoms with van der Waals surface area (Å²) in [6.45, 7) is 13.8. The molecule has 0 aromatic heterocycles. The van der Waals surface area contributed by atoms with Gasteiger partial charge in [0.2, 0.25) is 21.8 Å². The Morgan fingerprint density at radius 1 is 1.08 bits per heavy atom. The molecule has 49 heavy (non-hydrogen) atoms. The molecule has 4 rings (SSSR count). The van der Waals surface area contributed by atoms with Gasteiger partial charge in [0, 0.05) is 22.9 Å². The number of nitrogens with one attached hydrogen (secondary N) is 4. The Morgan fingerprint density at radius 2 is 1.76 bits per heavy atom. The van der Waals surface area contributed by atoms with Crippen LogP contribution in [0.1, 0.15) is 67.2 Å². The number of amides is 5. The summed E-state index contributed by atoms with van der Waals surface area (Å²) in [5.74, 6) is -2.82. The minimum atomic E-state index is -3.91. The Kier molecular flexibility index (Phi) is 11.0. The van der Waals surface area contributed by atoms with Gasteiger partial charge in [-0.3, -0.25) is 24.4 Å². The van der Waals surface area contributed by atoms with Crippen molar-refractivity contribution in [1.29, 1.82) is 0 Å². The van der Waals surface area contributed by atoms with Crippen LogP contribution in [0, 0.1) is 11.3 Å². The van der Waals surface area contributed by atoms with Crippen LogP contribution in [-0.4, -0.2) is 90.6 Å². The van der Waals surface area contributed by atoms with E-state index in [1.165, 1.54) is 22.7 Å². The number of benzene rings is 1. The van der Waals surface area contributed by atoms with Gasteiger partial charge < -0.3 is 25.0 Å². The third kappa shape index (κ3) is 9.47. The summed E-state index contributed by atoms with van der Waals surface area (Å²) in [5, 5.41) is 7.34. The molecule has 3 fully saturated rings. The predicted molar refractivity (Wildman–Crippen MR) is 184 cm³/mol. The van der Waals surface area contributed by atoms with Crippen molar-refractivity contribution in [3.8, 4) is 0 Å². The average molecular weight is 722 g/mol. The van der Waals surface area contributed by atoms with Crippen molar-refractivity contribution in [3.05, 3.63) is 36.9 Å². The molecule has 5 atom stereocenters. The second-order valence-electron chi connectivity index (χ2n) is 14.8. The van der Waals surface area contributed by atoms with Gasteiger partial charge in [-0.25, -0.2) is 18.0 Å². The van der Waals surface area contributed by atoms with Gasteiger partial charge in [0.1, 0.15) is 29.3 Å². The Morgan fingerprint density at radius 3 is 2.31 bits per heavy atom. The number of hydrogen-bond acceptors (Lipinski definition) is 10. The van der Waals surface area contributed by atoms with Crippen molar-refractivity contribution in [3.63, 3.8) is 0 Å². The largest absolute Gasteiger partial charge is 0.444 e. The van der Waals surface area contributed by atoms with Crippen LogP contribution in [-0.2, 0) is 33.9 Å². The van der Waals surface area contributed by atoms with Crippen LogP contribution in [0.5, 0.6) is 0 Å². The van der Waals surface area contributed by atoms with E-state index in [9.17, 15) is 32.4 Å². The molecule has 2 saturated carbocycles. The molecule has 16 heteroatoms. The molecule has 4 N–H and O–H groups in total. The van der Waals surface area contributed by atoms with Crippen LogP contribution in [0.2, 0.25) is 0 Å². The fourth-order valence-electron chi connectivity index (χ4n) is 5.63. The van der Waals surface area contributed by atoms with E-state index in [0.29, 0.717) is 18.5 Å². The standard InChI is InChI=1S/C33H47N5O9S2/c1-9-19-17-33(19,28(41)37-49(44,45)23-13-14-23)36-26(39)24-16-21(46-29(42)34-20-11-10-12-22(15-20)48-8)18-38(24)27(40)25(31(2,3)4)35-30(43)47-32(5,6)7/h9-12,15,19,21,23-25H,1,13-14,16-18H2,2-8H3,(H,34,42)(H,35,43)(H,36,39)(H,37,41)/t19?,21-,24?,25-,33-/m1/s1. The number of thioether (sulfide) groups is 1. The monoisotopic (exact) mass is 721 g/mol. The normalized spacial score (nSPS) is 24.2. The number of rotatable bonds is 11. The topological polar surface area (TPSA) is 189 Å². The zero-order chi connectivity index (χ0) is 36.5. The SMILES string of the molecule is C=CC1C[C@]1(NC(=O)C1C[C@@H](OC(=O)Nc2cccc(SC)c2)CN1C(=O)[C@@H](NC(=O)OC(C)(C)C)C(C)(C)C)C(=O)NS(=O)(=O)C1CC1. The molecule has 1 aliphatic heterocycles. The summed E-state index contributed by atoms with van der Waals surface area (Å²) < 4.78 is 38.4. The molecular weight excluding hydrogens is 675 g/mol. The molecule has 5 amide bonds.